The number of aromatic nitrogens is 3. The highest BCUT2D eigenvalue weighted by molar-refractivity contribution is 7.99. The molecule has 8 heteroatoms. The second-order valence-electron chi connectivity index (χ2n) is 6.79. The molecule has 30 heavy (non-hydrogen) atoms. The minimum atomic E-state index is -0.0848. The zero-order valence-corrected chi connectivity index (χ0v) is 18.5. The van der Waals surface area contributed by atoms with Crippen molar-refractivity contribution in [1.29, 1.82) is 0 Å². The van der Waals surface area contributed by atoms with Crippen molar-refractivity contribution in [2.45, 2.75) is 39.1 Å². The van der Waals surface area contributed by atoms with Crippen LogP contribution in [-0.4, -0.2) is 33.5 Å². The summed E-state index contributed by atoms with van der Waals surface area (Å²) >= 11 is 1.35. The highest BCUT2D eigenvalue weighted by Crippen LogP contribution is 2.28. The van der Waals surface area contributed by atoms with Crippen LogP contribution >= 0.6 is 11.8 Å². The Bertz CT molecular complexity index is 1020. The fourth-order valence-corrected chi connectivity index (χ4v) is 3.76. The van der Waals surface area contributed by atoms with Crippen molar-refractivity contribution in [3.05, 3.63) is 59.4 Å². The summed E-state index contributed by atoms with van der Waals surface area (Å²) in [6, 6.07) is 13.5. The van der Waals surface area contributed by atoms with Gasteiger partial charge in [0.1, 0.15) is 6.61 Å². The molecule has 158 valence electrons. The number of benzene rings is 2. The molecule has 0 atom stereocenters. The number of rotatable bonds is 9. The van der Waals surface area contributed by atoms with E-state index in [9.17, 15) is 4.79 Å². The third-order valence-corrected chi connectivity index (χ3v) is 5.39. The average molecular weight is 427 g/mol. The van der Waals surface area contributed by atoms with E-state index in [0.717, 1.165) is 16.8 Å². The summed E-state index contributed by atoms with van der Waals surface area (Å²) in [4.78, 5) is 12.3. The van der Waals surface area contributed by atoms with E-state index in [0.29, 0.717) is 29.0 Å². The van der Waals surface area contributed by atoms with Gasteiger partial charge in [0.2, 0.25) is 5.91 Å². The molecule has 0 bridgehead atoms. The molecule has 0 aliphatic rings. The number of hydrogen-bond acceptors (Lipinski definition) is 6. The Morgan fingerprint density at radius 2 is 1.90 bits per heavy atom. The van der Waals surface area contributed by atoms with Crippen LogP contribution in [0, 0.1) is 13.8 Å². The van der Waals surface area contributed by atoms with Gasteiger partial charge in [0.15, 0.2) is 22.5 Å². The SMILES string of the molecule is CCn1c(COc2ccc(C)cc2OC)nnc1SCC(=O)Nc1cccc(C)c1. The lowest BCUT2D eigenvalue weighted by molar-refractivity contribution is -0.113. The van der Waals surface area contributed by atoms with Crippen molar-refractivity contribution in [3.63, 3.8) is 0 Å². The maximum Gasteiger partial charge on any atom is 0.234 e. The predicted molar refractivity (Wildman–Crippen MR) is 118 cm³/mol. The van der Waals surface area contributed by atoms with Crippen LogP contribution < -0.4 is 14.8 Å². The number of amides is 1. The van der Waals surface area contributed by atoms with Crippen LogP contribution in [0.2, 0.25) is 0 Å². The molecule has 1 N–H and O–H groups in total. The third kappa shape index (κ3) is 5.54. The number of aryl methyl sites for hydroxylation is 2. The van der Waals surface area contributed by atoms with Crippen molar-refractivity contribution >= 4 is 23.4 Å². The first kappa shape index (κ1) is 21.7. The summed E-state index contributed by atoms with van der Waals surface area (Å²) in [6.45, 7) is 6.94. The van der Waals surface area contributed by atoms with Crippen molar-refractivity contribution < 1.29 is 14.3 Å². The smallest absolute Gasteiger partial charge is 0.234 e. The molecule has 0 unspecified atom stereocenters. The lowest BCUT2D eigenvalue weighted by Gasteiger charge is -2.12. The first-order valence-electron chi connectivity index (χ1n) is 9.69. The molecule has 2 aromatic carbocycles. The lowest BCUT2D eigenvalue weighted by Crippen LogP contribution is -2.15. The normalized spacial score (nSPS) is 10.7. The molecule has 1 amide bonds. The van der Waals surface area contributed by atoms with Gasteiger partial charge in [0.05, 0.1) is 12.9 Å². The van der Waals surface area contributed by atoms with Gasteiger partial charge in [-0.15, -0.1) is 10.2 Å². The molecule has 0 fully saturated rings. The number of hydrogen-bond donors (Lipinski definition) is 1. The van der Waals surface area contributed by atoms with Gasteiger partial charge in [0.25, 0.3) is 0 Å². The fraction of sp³-hybridized carbons (Fsp3) is 0.318. The predicted octanol–water partition coefficient (Wildman–Crippen LogP) is 4.23. The Balaban J connectivity index is 1.60. The molecule has 3 rings (SSSR count). The van der Waals surface area contributed by atoms with Gasteiger partial charge in [-0.05, 0) is 56.2 Å². The molecule has 0 saturated heterocycles. The van der Waals surface area contributed by atoms with E-state index in [1.165, 1.54) is 11.8 Å². The molecule has 0 radical (unpaired) electrons. The number of anilines is 1. The van der Waals surface area contributed by atoms with Gasteiger partial charge in [-0.1, -0.05) is 30.0 Å². The summed E-state index contributed by atoms with van der Waals surface area (Å²) in [5, 5.41) is 12.1. The maximum atomic E-state index is 12.3. The van der Waals surface area contributed by atoms with Crippen molar-refractivity contribution in [1.82, 2.24) is 14.8 Å². The van der Waals surface area contributed by atoms with E-state index in [1.54, 1.807) is 7.11 Å². The molecule has 7 nitrogen and oxygen atoms in total. The maximum absolute atomic E-state index is 12.3. The summed E-state index contributed by atoms with van der Waals surface area (Å²) < 4.78 is 13.2. The van der Waals surface area contributed by atoms with Crippen LogP contribution in [0.4, 0.5) is 5.69 Å². The minimum absolute atomic E-state index is 0.0848. The number of nitrogens with zero attached hydrogens (tertiary/aromatic N) is 3. The van der Waals surface area contributed by atoms with Gasteiger partial charge in [-0.3, -0.25) is 4.79 Å². The molecule has 0 aliphatic heterocycles. The van der Waals surface area contributed by atoms with Crippen molar-refractivity contribution in [2.24, 2.45) is 0 Å². The van der Waals surface area contributed by atoms with Crippen LogP contribution in [0.3, 0.4) is 0 Å². The third-order valence-electron chi connectivity index (χ3n) is 4.42. The molecule has 3 aromatic rings. The highest BCUT2D eigenvalue weighted by Gasteiger charge is 2.15. The summed E-state index contributed by atoms with van der Waals surface area (Å²) in [6.07, 6.45) is 0. The monoisotopic (exact) mass is 426 g/mol. The van der Waals surface area contributed by atoms with Crippen molar-refractivity contribution in [2.75, 3.05) is 18.2 Å². The molecule has 1 heterocycles. The van der Waals surface area contributed by atoms with Gasteiger partial charge in [0, 0.05) is 12.2 Å². The van der Waals surface area contributed by atoms with Crippen LogP contribution in [0.5, 0.6) is 11.5 Å². The zero-order valence-electron chi connectivity index (χ0n) is 17.6. The van der Waals surface area contributed by atoms with Crippen molar-refractivity contribution in [3.8, 4) is 11.5 Å². The summed E-state index contributed by atoms with van der Waals surface area (Å²) in [5.41, 5.74) is 2.98. The van der Waals surface area contributed by atoms with E-state index in [4.69, 9.17) is 9.47 Å². The number of nitrogens with one attached hydrogen (secondary N) is 1. The lowest BCUT2D eigenvalue weighted by atomic mass is 10.2. The molecular formula is C22H26N4O3S. The number of ether oxygens (including phenoxy) is 2. The van der Waals surface area contributed by atoms with E-state index in [-0.39, 0.29) is 18.3 Å². The highest BCUT2D eigenvalue weighted by atomic mass is 32.2. The molecule has 1 aromatic heterocycles. The van der Waals surface area contributed by atoms with Crippen LogP contribution in [0.15, 0.2) is 47.6 Å². The van der Waals surface area contributed by atoms with E-state index in [1.807, 2.05) is 67.8 Å². The quantitative estimate of drug-likeness (QED) is 0.516. The average Bonchev–Trinajstić information content (AvgIpc) is 3.13. The number of methoxy groups -OCH3 is 1. The first-order chi connectivity index (χ1) is 14.5. The van der Waals surface area contributed by atoms with Gasteiger partial charge >= 0.3 is 0 Å². The van der Waals surface area contributed by atoms with E-state index >= 15 is 0 Å². The second-order valence-corrected chi connectivity index (χ2v) is 7.73. The Hall–Kier alpha value is -3.00. The van der Waals surface area contributed by atoms with Gasteiger partial charge < -0.3 is 19.4 Å². The van der Waals surface area contributed by atoms with E-state index in [2.05, 4.69) is 15.5 Å². The fourth-order valence-electron chi connectivity index (χ4n) is 2.94. The first-order valence-corrected chi connectivity index (χ1v) is 10.7. The largest absolute Gasteiger partial charge is 0.493 e. The van der Waals surface area contributed by atoms with Gasteiger partial charge in [-0.25, -0.2) is 0 Å². The summed E-state index contributed by atoms with van der Waals surface area (Å²) in [5.74, 6) is 2.19. The topological polar surface area (TPSA) is 78.3 Å². The van der Waals surface area contributed by atoms with Crippen LogP contribution in [0.1, 0.15) is 23.9 Å². The Morgan fingerprint density at radius 1 is 1.10 bits per heavy atom. The van der Waals surface area contributed by atoms with Crippen LogP contribution in [-0.2, 0) is 17.9 Å². The standard InChI is InChI=1S/C22H26N4O3S/c1-5-26-20(13-29-18-10-9-16(3)12-19(18)28-4)24-25-22(26)30-14-21(27)23-17-8-6-7-15(2)11-17/h6-12H,5,13-14H2,1-4H3,(H,23,27). The second kappa shape index (κ2) is 10.2. The van der Waals surface area contributed by atoms with Crippen LogP contribution in [0.25, 0.3) is 0 Å². The molecule has 0 saturated carbocycles. The minimum Gasteiger partial charge on any atom is -0.493 e. The molecule has 0 spiro atoms. The number of carbonyl (C=O) groups is 1. The van der Waals surface area contributed by atoms with E-state index < -0.39 is 0 Å². The van der Waals surface area contributed by atoms with Gasteiger partial charge in [-0.2, -0.15) is 0 Å². The Morgan fingerprint density at radius 3 is 2.63 bits per heavy atom. The Kier molecular flexibility index (Phi) is 7.35. The molecular weight excluding hydrogens is 400 g/mol. The number of thioether (sulfide) groups is 1. The Labute approximate surface area is 180 Å². The summed E-state index contributed by atoms with van der Waals surface area (Å²) in [7, 11) is 1.62. The zero-order chi connectivity index (χ0) is 21.5. The number of carbonyl (C=O) groups excluding carboxylic acids is 1. The molecule has 0 aliphatic carbocycles.